The van der Waals surface area contributed by atoms with E-state index in [-0.39, 0.29) is 12.5 Å². The number of thioether (sulfide) groups is 1. The standard InChI is InChI=1S/C20H19N3O2S/c1-14-10-11-23(17-8-4-5-9-18(17)26-14)19(24)12-25-20-15-6-2-3-7-16(15)21-13-22-20/h2-9,13-14H,10-12H2,1H3. The highest BCUT2D eigenvalue weighted by atomic mass is 32.2. The van der Waals surface area contributed by atoms with Crippen molar-refractivity contribution in [2.24, 2.45) is 0 Å². The minimum atomic E-state index is -0.0603. The van der Waals surface area contributed by atoms with E-state index in [0.29, 0.717) is 17.7 Å². The van der Waals surface area contributed by atoms with Crippen LogP contribution in [0.15, 0.2) is 59.8 Å². The molecule has 132 valence electrons. The molecule has 0 aliphatic carbocycles. The van der Waals surface area contributed by atoms with E-state index in [9.17, 15) is 4.79 Å². The van der Waals surface area contributed by atoms with Crippen LogP contribution in [0.4, 0.5) is 5.69 Å². The largest absolute Gasteiger partial charge is 0.467 e. The van der Waals surface area contributed by atoms with Crippen LogP contribution in [-0.2, 0) is 4.79 Å². The van der Waals surface area contributed by atoms with Gasteiger partial charge in [0.05, 0.1) is 16.6 Å². The lowest BCUT2D eigenvalue weighted by molar-refractivity contribution is -0.120. The highest BCUT2D eigenvalue weighted by Crippen LogP contribution is 2.37. The normalized spacial score (nSPS) is 16.8. The average molecular weight is 365 g/mol. The molecule has 0 saturated carbocycles. The summed E-state index contributed by atoms with van der Waals surface area (Å²) in [4.78, 5) is 24.3. The first kappa shape index (κ1) is 16.8. The van der Waals surface area contributed by atoms with Crippen LogP contribution in [0.5, 0.6) is 5.88 Å². The molecule has 1 atom stereocenters. The maximum atomic E-state index is 12.9. The maximum Gasteiger partial charge on any atom is 0.265 e. The summed E-state index contributed by atoms with van der Waals surface area (Å²) in [7, 11) is 0. The molecule has 5 nitrogen and oxygen atoms in total. The van der Waals surface area contributed by atoms with Crippen molar-refractivity contribution in [3.63, 3.8) is 0 Å². The number of fused-ring (bicyclic) bond motifs is 2. The topological polar surface area (TPSA) is 55.3 Å². The lowest BCUT2D eigenvalue weighted by Gasteiger charge is -2.22. The number of aromatic nitrogens is 2. The van der Waals surface area contributed by atoms with Gasteiger partial charge >= 0.3 is 0 Å². The summed E-state index contributed by atoms with van der Waals surface area (Å²) >= 11 is 1.81. The zero-order valence-corrected chi connectivity index (χ0v) is 15.3. The third kappa shape index (κ3) is 3.37. The molecule has 1 unspecified atom stereocenters. The van der Waals surface area contributed by atoms with Crippen LogP contribution in [0, 0.1) is 0 Å². The maximum absolute atomic E-state index is 12.9. The van der Waals surface area contributed by atoms with Crippen molar-refractivity contribution < 1.29 is 9.53 Å². The Hall–Kier alpha value is -2.60. The number of amides is 1. The van der Waals surface area contributed by atoms with Crippen LogP contribution >= 0.6 is 11.8 Å². The zero-order valence-electron chi connectivity index (χ0n) is 14.5. The Balaban J connectivity index is 1.55. The van der Waals surface area contributed by atoms with E-state index >= 15 is 0 Å². The van der Waals surface area contributed by atoms with Crippen LogP contribution < -0.4 is 9.64 Å². The Kier molecular flexibility index (Phi) is 4.75. The first-order valence-corrected chi connectivity index (χ1v) is 9.49. The second-order valence-corrected chi connectivity index (χ2v) is 7.70. The Morgan fingerprint density at radius 3 is 2.92 bits per heavy atom. The van der Waals surface area contributed by atoms with Gasteiger partial charge in [-0.2, -0.15) is 0 Å². The monoisotopic (exact) mass is 365 g/mol. The zero-order chi connectivity index (χ0) is 17.9. The van der Waals surface area contributed by atoms with Crippen molar-refractivity contribution in [2.45, 2.75) is 23.5 Å². The molecule has 6 heteroatoms. The molecule has 1 aromatic heterocycles. The van der Waals surface area contributed by atoms with Crippen LogP contribution in [0.25, 0.3) is 10.9 Å². The van der Waals surface area contributed by atoms with Crippen molar-refractivity contribution in [2.75, 3.05) is 18.1 Å². The molecule has 0 N–H and O–H groups in total. The molecular weight excluding hydrogens is 346 g/mol. The number of para-hydroxylation sites is 2. The van der Waals surface area contributed by atoms with Gasteiger partial charge in [0.1, 0.15) is 6.33 Å². The molecule has 0 spiro atoms. The molecule has 1 aliphatic rings. The molecule has 3 aromatic rings. The van der Waals surface area contributed by atoms with Crippen molar-refractivity contribution in [3.05, 3.63) is 54.9 Å². The first-order valence-electron chi connectivity index (χ1n) is 8.61. The fourth-order valence-corrected chi connectivity index (χ4v) is 4.16. The number of carbonyl (C=O) groups excluding carboxylic acids is 1. The molecule has 2 aromatic carbocycles. The molecule has 0 fully saturated rings. The number of carbonyl (C=O) groups is 1. The third-order valence-corrected chi connectivity index (χ3v) is 5.62. The second kappa shape index (κ2) is 7.33. The summed E-state index contributed by atoms with van der Waals surface area (Å²) in [5, 5.41) is 1.28. The molecule has 26 heavy (non-hydrogen) atoms. The van der Waals surface area contributed by atoms with Gasteiger partial charge in [0.25, 0.3) is 5.91 Å². The molecule has 0 bridgehead atoms. The number of ether oxygens (including phenoxy) is 1. The Bertz CT molecular complexity index is 942. The van der Waals surface area contributed by atoms with Gasteiger partial charge in [0.15, 0.2) is 6.61 Å². The van der Waals surface area contributed by atoms with Crippen molar-refractivity contribution in [3.8, 4) is 5.88 Å². The first-order chi connectivity index (χ1) is 12.7. The summed E-state index contributed by atoms with van der Waals surface area (Å²) in [5.41, 5.74) is 1.76. The van der Waals surface area contributed by atoms with E-state index in [1.165, 1.54) is 6.33 Å². The minimum absolute atomic E-state index is 0.0472. The number of anilines is 1. The quantitative estimate of drug-likeness (QED) is 0.704. The Morgan fingerprint density at radius 1 is 1.19 bits per heavy atom. The van der Waals surface area contributed by atoms with Gasteiger partial charge in [-0.3, -0.25) is 4.79 Å². The van der Waals surface area contributed by atoms with Gasteiger partial charge in [-0.15, -0.1) is 11.8 Å². The molecule has 0 saturated heterocycles. The van der Waals surface area contributed by atoms with Crippen LogP contribution in [0.3, 0.4) is 0 Å². The fourth-order valence-electron chi connectivity index (χ4n) is 3.05. The van der Waals surface area contributed by atoms with E-state index in [0.717, 1.165) is 27.9 Å². The summed E-state index contributed by atoms with van der Waals surface area (Å²) in [5.74, 6) is 0.379. The molecule has 1 amide bonds. The number of rotatable bonds is 3. The summed E-state index contributed by atoms with van der Waals surface area (Å²) in [6.45, 7) is 2.84. The summed E-state index contributed by atoms with van der Waals surface area (Å²) in [6.07, 6.45) is 2.41. The molecule has 4 rings (SSSR count). The molecule has 1 aliphatic heterocycles. The number of benzene rings is 2. The SMILES string of the molecule is CC1CCN(C(=O)COc2ncnc3ccccc23)c2ccccc2S1. The van der Waals surface area contributed by atoms with Gasteiger partial charge in [0, 0.05) is 16.7 Å². The third-order valence-electron chi connectivity index (χ3n) is 4.38. The van der Waals surface area contributed by atoms with E-state index < -0.39 is 0 Å². The lowest BCUT2D eigenvalue weighted by Crippen LogP contribution is -2.36. The number of hydrogen-bond acceptors (Lipinski definition) is 5. The predicted octanol–water partition coefficient (Wildman–Crippen LogP) is 3.93. The van der Waals surface area contributed by atoms with Gasteiger partial charge in [-0.05, 0) is 30.7 Å². The summed E-state index contributed by atoms with van der Waals surface area (Å²) in [6, 6.07) is 15.7. The van der Waals surface area contributed by atoms with Crippen molar-refractivity contribution in [1.29, 1.82) is 0 Å². The Morgan fingerprint density at radius 2 is 2.00 bits per heavy atom. The highest BCUT2D eigenvalue weighted by molar-refractivity contribution is 8.00. The minimum Gasteiger partial charge on any atom is -0.467 e. The molecule has 0 radical (unpaired) electrons. The average Bonchev–Trinajstić information content (AvgIpc) is 2.84. The van der Waals surface area contributed by atoms with E-state index in [4.69, 9.17) is 4.74 Å². The number of hydrogen-bond donors (Lipinski definition) is 0. The van der Waals surface area contributed by atoms with Crippen LogP contribution in [0.2, 0.25) is 0 Å². The lowest BCUT2D eigenvalue weighted by atomic mass is 10.2. The predicted molar refractivity (Wildman–Crippen MR) is 104 cm³/mol. The van der Waals surface area contributed by atoms with Gasteiger partial charge in [0.2, 0.25) is 5.88 Å². The van der Waals surface area contributed by atoms with E-state index in [1.54, 1.807) is 0 Å². The van der Waals surface area contributed by atoms with Gasteiger partial charge in [-0.1, -0.05) is 31.2 Å². The van der Waals surface area contributed by atoms with Gasteiger partial charge < -0.3 is 9.64 Å². The second-order valence-electron chi connectivity index (χ2n) is 6.21. The van der Waals surface area contributed by atoms with Crippen molar-refractivity contribution in [1.82, 2.24) is 9.97 Å². The Labute approximate surface area is 156 Å². The smallest absolute Gasteiger partial charge is 0.265 e. The molecule has 2 heterocycles. The van der Waals surface area contributed by atoms with E-state index in [2.05, 4.69) is 23.0 Å². The van der Waals surface area contributed by atoms with Crippen molar-refractivity contribution >= 4 is 34.3 Å². The number of nitrogens with zero attached hydrogens (tertiary/aromatic N) is 3. The fraction of sp³-hybridized carbons (Fsp3) is 0.250. The van der Waals surface area contributed by atoms with Crippen LogP contribution in [0.1, 0.15) is 13.3 Å². The summed E-state index contributed by atoms with van der Waals surface area (Å²) < 4.78 is 5.77. The molecular formula is C20H19N3O2S. The van der Waals surface area contributed by atoms with Gasteiger partial charge in [-0.25, -0.2) is 9.97 Å². The van der Waals surface area contributed by atoms with E-state index in [1.807, 2.05) is 59.1 Å². The van der Waals surface area contributed by atoms with Crippen LogP contribution in [-0.4, -0.2) is 34.3 Å². The highest BCUT2D eigenvalue weighted by Gasteiger charge is 2.24.